The van der Waals surface area contributed by atoms with Crippen molar-refractivity contribution in [3.05, 3.63) is 29.8 Å². The third kappa shape index (κ3) is 7.02. The molecule has 0 aliphatic carbocycles. The van der Waals surface area contributed by atoms with Crippen molar-refractivity contribution >= 4 is 15.9 Å². The van der Waals surface area contributed by atoms with Crippen LogP contribution < -0.4 is 5.32 Å². The number of aliphatic hydroxyl groups excluding tert-OH is 1. The highest BCUT2D eigenvalue weighted by molar-refractivity contribution is 7.89. The third-order valence-electron chi connectivity index (χ3n) is 7.17. The SMILES string of the molecule is Cc1ccc(S(=O)(=O)N2C[C@@H](O)COC[C@H]3O[C@@H](CC(=O)NCCN4CCCCC4)CC[C@@H]32)cc1. The number of sulfonamides is 1. The molecule has 0 unspecified atom stereocenters. The topological polar surface area (TPSA) is 108 Å². The minimum Gasteiger partial charge on any atom is -0.389 e. The molecule has 3 aliphatic heterocycles. The van der Waals surface area contributed by atoms with Crippen LogP contribution >= 0.6 is 0 Å². The van der Waals surface area contributed by atoms with Gasteiger partial charge in [0, 0.05) is 19.6 Å². The van der Waals surface area contributed by atoms with E-state index < -0.39 is 28.3 Å². The lowest BCUT2D eigenvalue weighted by molar-refractivity contribution is -0.146. The molecule has 2 N–H and O–H groups in total. The van der Waals surface area contributed by atoms with Gasteiger partial charge in [0.25, 0.3) is 0 Å². The van der Waals surface area contributed by atoms with Crippen LogP contribution in [0.25, 0.3) is 0 Å². The first-order valence-corrected chi connectivity index (χ1v) is 14.3. The molecule has 1 amide bonds. The van der Waals surface area contributed by atoms with Gasteiger partial charge in [0.2, 0.25) is 15.9 Å². The zero-order valence-corrected chi connectivity index (χ0v) is 21.4. The number of ether oxygens (including phenoxy) is 2. The molecule has 3 saturated heterocycles. The van der Waals surface area contributed by atoms with E-state index >= 15 is 0 Å². The Morgan fingerprint density at radius 2 is 1.86 bits per heavy atom. The highest BCUT2D eigenvalue weighted by atomic mass is 32.2. The van der Waals surface area contributed by atoms with E-state index in [0.29, 0.717) is 19.4 Å². The first-order valence-electron chi connectivity index (χ1n) is 12.8. The Bertz CT molecular complexity index is 935. The fraction of sp³-hybridized carbons (Fsp3) is 0.720. The van der Waals surface area contributed by atoms with Crippen molar-refractivity contribution in [1.82, 2.24) is 14.5 Å². The van der Waals surface area contributed by atoms with E-state index in [2.05, 4.69) is 10.2 Å². The summed E-state index contributed by atoms with van der Waals surface area (Å²) in [6, 6.07) is 6.27. The van der Waals surface area contributed by atoms with Gasteiger partial charge in [-0.3, -0.25) is 4.79 Å². The Hall–Kier alpha value is -1.56. The molecule has 0 radical (unpaired) electrons. The number of nitrogens with zero attached hydrogens (tertiary/aromatic N) is 2. The molecule has 3 heterocycles. The molecule has 4 rings (SSSR count). The van der Waals surface area contributed by atoms with Gasteiger partial charge in [0.05, 0.1) is 48.9 Å². The summed E-state index contributed by atoms with van der Waals surface area (Å²) >= 11 is 0. The van der Waals surface area contributed by atoms with Gasteiger partial charge in [-0.2, -0.15) is 4.31 Å². The summed E-state index contributed by atoms with van der Waals surface area (Å²) in [6.07, 6.45) is 3.39. The number of nitrogens with one attached hydrogen (secondary N) is 1. The summed E-state index contributed by atoms with van der Waals surface area (Å²) in [7, 11) is -3.83. The number of carbonyl (C=O) groups is 1. The number of rotatable bonds is 7. The number of amides is 1. The first-order chi connectivity index (χ1) is 16.8. The number of hydrogen-bond donors (Lipinski definition) is 2. The summed E-state index contributed by atoms with van der Waals surface area (Å²) in [6.45, 7) is 5.75. The van der Waals surface area contributed by atoms with Crippen molar-refractivity contribution < 1.29 is 27.8 Å². The van der Waals surface area contributed by atoms with E-state index in [4.69, 9.17) is 9.47 Å². The van der Waals surface area contributed by atoms with Crippen molar-refractivity contribution in [2.75, 3.05) is 45.9 Å². The smallest absolute Gasteiger partial charge is 0.243 e. The number of carbonyl (C=O) groups excluding carboxylic acids is 1. The molecule has 1 aromatic carbocycles. The van der Waals surface area contributed by atoms with Crippen molar-refractivity contribution in [3.63, 3.8) is 0 Å². The van der Waals surface area contributed by atoms with E-state index in [9.17, 15) is 18.3 Å². The standard InChI is InChI=1S/C25H39N3O6S/c1-19-5-8-22(9-6-19)35(31,32)28-16-20(29)17-33-18-24-23(28)10-7-21(34-24)15-25(30)26-11-14-27-12-3-2-4-13-27/h5-6,8-9,20-21,23-24,29H,2-4,7,10-18H2,1H3,(H,26,30)/t20-,21-,23+,24-/m1/s1. The number of fused-ring (bicyclic) bond motifs is 1. The molecule has 3 fully saturated rings. The van der Waals surface area contributed by atoms with Gasteiger partial charge in [-0.15, -0.1) is 0 Å². The Balaban J connectivity index is 1.36. The molecule has 10 heteroatoms. The Labute approximate surface area is 208 Å². The Kier molecular flexibility index (Phi) is 9.18. The molecule has 3 aliphatic rings. The van der Waals surface area contributed by atoms with Crippen LogP contribution in [0.5, 0.6) is 0 Å². The molecule has 0 bridgehead atoms. The number of likely N-dealkylation sites (tertiary alicyclic amines) is 1. The van der Waals surface area contributed by atoms with Crippen molar-refractivity contribution in [1.29, 1.82) is 0 Å². The number of aryl methyl sites for hydroxylation is 1. The average Bonchev–Trinajstić information content (AvgIpc) is 2.83. The molecular weight excluding hydrogens is 470 g/mol. The number of piperidine rings is 1. The van der Waals surface area contributed by atoms with Gasteiger partial charge in [-0.1, -0.05) is 24.1 Å². The zero-order chi connectivity index (χ0) is 24.8. The molecule has 0 spiro atoms. The van der Waals surface area contributed by atoms with E-state index in [1.54, 1.807) is 24.3 Å². The summed E-state index contributed by atoms with van der Waals surface area (Å²) in [4.78, 5) is 15.1. The average molecular weight is 510 g/mol. The molecule has 196 valence electrons. The second-order valence-electron chi connectivity index (χ2n) is 9.98. The van der Waals surface area contributed by atoms with Gasteiger partial charge < -0.3 is 24.8 Å². The minimum atomic E-state index is -3.83. The molecule has 9 nitrogen and oxygen atoms in total. The second-order valence-corrected chi connectivity index (χ2v) is 11.9. The van der Waals surface area contributed by atoms with Crippen LogP contribution in [0, 0.1) is 6.92 Å². The van der Waals surface area contributed by atoms with Gasteiger partial charge >= 0.3 is 0 Å². The number of β-amino-alcohol motifs (C(OH)–C–C–N with tert-alkyl or cyclic N) is 1. The summed E-state index contributed by atoms with van der Waals surface area (Å²) in [5.74, 6) is -0.0447. The summed E-state index contributed by atoms with van der Waals surface area (Å²) < 4.78 is 40.3. The zero-order valence-electron chi connectivity index (χ0n) is 20.6. The molecule has 35 heavy (non-hydrogen) atoms. The van der Waals surface area contributed by atoms with Crippen molar-refractivity contribution in [3.8, 4) is 0 Å². The maximum Gasteiger partial charge on any atom is 0.243 e. The highest BCUT2D eigenvalue weighted by Gasteiger charge is 2.43. The highest BCUT2D eigenvalue weighted by Crippen LogP contribution is 2.31. The Morgan fingerprint density at radius 1 is 1.11 bits per heavy atom. The van der Waals surface area contributed by atoms with Gasteiger partial charge in [-0.05, 0) is 57.8 Å². The predicted molar refractivity (Wildman–Crippen MR) is 131 cm³/mol. The summed E-state index contributed by atoms with van der Waals surface area (Å²) in [5.41, 5.74) is 0.973. The van der Waals surface area contributed by atoms with Crippen LogP contribution in [-0.2, 0) is 24.3 Å². The van der Waals surface area contributed by atoms with Crippen LogP contribution in [0.3, 0.4) is 0 Å². The number of aliphatic hydroxyl groups is 1. The van der Waals surface area contributed by atoms with E-state index in [1.807, 2.05) is 6.92 Å². The quantitative estimate of drug-likeness (QED) is 0.570. The van der Waals surface area contributed by atoms with Crippen LogP contribution in [0.15, 0.2) is 29.2 Å². The second kappa shape index (κ2) is 12.1. The lowest BCUT2D eigenvalue weighted by Gasteiger charge is -2.43. The van der Waals surface area contributed by atoms with E-state index in [-0.39, 0.29) is 43.1 Å². The maximum atomic E-state index is 13.5. The van der Waals surface area contributed by atoms with E-state index in [1.165, 1.54) is 23.6 Å². The number of hydrogen-bond acceptors (Lipinski definition) is 7. The lowest BCUT2D eigenvalue weighted by atomic mass is 9.96. The van der Waals surface area contributed by atoms with Gasteiger partial charge in [-0.25, -0.2) is 8.42 Å². The third-order valence-corrected chi connectivity index (χ3v) is 9.08. The van der Waals surface area contributed by atoms with Gasteiger partial charge in [0.15, 0.2) is 0 Å². The van der Waals surface area contributed by atoms with Gasteiger partial charge in [0.1, 0.15) is 0 Å². The van der Waals surface area contributed by atoms with Crippen molar-refractivity contribution in [2.45, 2.75) is 74.7 Å². The van der Waals surface area contributed by atoms with Crippen LogP contribution in [0.1, 0.15) is 44.1 Å². The minimum absolute atomic E-state index is 0.0359. The Morgan fingerprint density at radius 3 is 2.60 bits per heavy atom. The van der Waals surface area contributed by atoms with Crippen LogP contribution in [0.2, 0.25) is 0 Å². The fourth-order valence-corrected chi connectivity index (χ4v) is 6.95. The van der Waals surface area contributed by atoms with Crippen LogP contribution in [-0.4, -0.2) is 98.9 Å². The fourth-order valence-electron chi connectivity index (χ4n) is 5.23. The predicted octanol–water partition coefficient (Wildman–Crippen LogP) is 1.29. The monoisotopic (exact) mass is 509 g/mol. The molecule has 4 atom stereocenters. The molecule has 0 saturated carbocycles. The normalized spacial score (nSPS) is 29.1. The van der Waals surface area contributed by atoms with E-state index in [0.717, 1.165) is 25.2 Å². The van der Waals surface area contributed by atoms with Crippen molar-refractivity contribution in [2.24, 2.45) is 0 Å². The summed E-state index contributed by atoms with van der Waals surface area (Å²) in [5, 5.41) is 13.4. The molecule has 0 aromatic heterocycles. The maximum absolute atomic E-state index is 13.5. The lowest BCUT2D eigenvalue weighted by Crippen LogP contribution is -2.57. The molecule has 1 aromatic rings. The first kappa shape index (κ1) is 26.5. The van der Waals surface area contributed by atoms with Crippen LogP contribution in [0.4, 0.5) is 0 Å². The largest absolute Gasteiger partial charge is 0.389 e. The molecular formula is C25H39N3O6S. The number of benzene rings is 1.